The van der Waals surface area contributed by atoms with Crippen LogP contribution in [0.1, 0.15) is 36.9 Å². The monoisotopic (exact) mass is 377 g/mol. The summed E-state index contributed by atoms with van der Waals surface area (Å²) in [5.74, 6) is 1.44. The lowest BCUT2D eigenvalue weighted by Crippen LogP contribution is -2.33. The Morgan fingerprint density at radius 3 is 2.89 bits per heavy atom. The summed E-state index contributed by atoms with van der Waals surface area (Å²) in [7, 11) is 2.19. The molecule has 1 aliphatic carbocycles. The molecule has 0 radical (unpaired) electrons. The Morgan fingerprint density at radius 1 is 1.18 bits per heavy atom. The average Bonchev–Trinajstić information content (AvgIpc) is 3.30. The second-order valence-corrected chi connectivity index (χ2v) is 7.89. The number of nitrogens with one attached hydrogen (secondary N) is 1. The van der Waals surface area contributed by atoms with E-state index in [0.717, 1.165) is 52.8 Å². The van der Waals surface area contributed by atoms with Gasteiger partial charge in [-0.2, -0.15) is 5.10 Å². The van der Waals surface area contributed by atoms with Gasteiger partial charge in [0, 0.05) is 31.7 Å². The number of fused-ring (bicyclic) bond motifs is 2. The molecule has 1 saturated heterocycles. The first-order valence-corrected chi connectivity index (χ1v) is 9.98. The van der Waals surface area contributed by atoms with Crippen molar-refractivity contribution in [2.24, 2.45) is 5.92 Å². The van der Waals surface area contributed by atoms with Gasteiger partial charge in [0.05, 0.1) is 23.3 Å². The Kier molecular flexibility index (Phi) is 4.31. The number of hydrogen-bond donors (Lipinski definition) is 1. The van der Waals surface area contributed by atoms with Crippen molar-refractivity contribution >= 4 is 17.2 Å². The highest BCUT2D eigenvalue weighted by Crippen LogP contribution is 2.31. The topological polar surface area (TPSA) is 71.2 Å². The molecule has 0 unspecified atom stereocenters. The van der Waals surface area contributed by atoms with Gasteiger partial charge in [-0.25, -0.2) is 19.5 Å². The number of rotatable bonds is 4. The van der Waals surface area contributed by atoms with Crippen LogP contribution in [0.3, 0.4) is 0 Å². The van der Waals surface area contributed by atoms with Crippen molar-refractivity contribution in [1.29, 1.82) is 0 Å². The average molecular weight is 377 g/mol. The van der Waals surface area contributed by atoms with Crippen LogP contribution in [0.25, 0.3) is 11.2 Å². The lowest BCUT2D eigenvalue weighted by Gasteiger charge is -2.28. The van der Waals surface area contributed by atoms with Crippen molar-refractivity contribution in [3.63, 3.8) is 0 Å². The Morgan fingerprint density at radius 2 is 2.04 bits per heavy atom. The molecule has 1 N–H and O–H groups in total. The van der Waals surface area contributed by atoms with E-state index in [4.69, 9.17) is 10.1 Å². The third-order valence-electron chi connectivity index (χ3n) is 5.85. The van der Waals surface area contributed by atoms with E-state index < -0.39 is 0 Å². The van der Waals surface area contributed by atoms with Crippen LogP contribution >= 0.6 is 0 Å². The van der Waals surface area contributed by atoms with E-state index in [0.29, 0.717) is 5.92 Å². The molecule has 0 amide bonds. The minimum absolute atomic E-state index is 0. The molecule has 0 aromatic carbocycles. The first kappa shape index (κ1) is 17.3. The van der Waals surface area contributed by atoms with Gasteiger partial charge in [0.15, 0.2) is 5.65 Å². The molecule has 28 heavy (non-hydrogen) atoms. The van der Waals surface area contributed by atoms with E-state index in [-0.39, 0.29) is 1.43 Å². The van der Waals surface area contributed by atoms with Crippen molar-refractivity contribution in [3.8, 4) is 0 Å². The minimum atomic E-state index is 0. The Hall–Kier alpha value is -2.80. The standard InChI is InChI=1S/C21H25N7.H2/c1-14-11-22-20-6-5-19(26-28(14)20)16-3-4-18-17(16)13-24-21(25-18)23-12-15-7-9-27(2)10-8-15;/h3,5-6,11,13,15H,4,7-10,12H2,1-2H3,(H,23,24,25);1H. The van der Waals surface area contributed by atoms with Crippen LogP contribution < -0.4 is 5.32 Å². The molecule has 4 heterocycles. The Bertz CT molecular complexity index is 1050. The van der Waals surface area contributed by atoms with E-state index in [1.165, 1.54) is 25.9 Å². The predicted molar refractivity (Wildman–Crippen MR) is 111 cm³/mol. The summed E-state index contributed by atoms with van der Waals surface area (Å²) in [6.07, 6.45) is 9.27. The normalized spacial score (nSPS) is 17.7. The molecule has 1 fully saturated rings. The van der Waals surface area contributed by atoms with Gasteiger partial charge >= 0.3 is 0 Å². The SMILES string of the molecule is Cc1cnc2ccc(C3=CCc4nc(NCC5CCN(C)CC5)ncc43)nn12.[HH]. The first-order valence-electron chi connectivity index (χ1n) is 9.98. The molecule has 7 nitrogen and oxygen atoms in total. The fourth-order valence-corrected chi connectivity index (χ4v) is 4.07. The van der Waals surface area contributed by atoms with Crippen LogP contribution in [-0.4, -0.2) is 56.1 Å². The second kappa shape index (κ2) is 6.98. The summed E-state index contributed by atoms with van der Waals surface area (Å²) in [5, 5.41) is 8.20. The van der Waals surface area contributed by atoms with Crippen LogP contribution in [0.15, 0.2) is 30.6 Å². The number of piperidine rings is 1. The van der Waals surface area contributed by atoms with Crippen molar-refractivity contribution in [1.82, 2.24) is 29.5 Å². The summed E-state index contributed by atoms with van der Waals surface area (Å²) < 4.78 is 1.88. The van der Waals surface area contributed by atoms with Crippen LogP contribution in [0.4, 0.5) is 5.95 Å². The fraction of sp³-hybridized carbons (Fsp3) is 0.429. The van der Waals surface area contributed by atoms with Gasteiger partial charge in [-0.05, 0) is 58.0 Å². The lowest BCUT2D eigenvalue weighted by atomic mass is 9.97. The second-order valence-electron chi connectivity index (χ2n) is 7.89. The number of hydrogen-bond acceptors (Lipinski definition) is 6. The lowest BCUT2D eigenvalue weighted by molar-refractivity contribution is 0.226. The zero-order chi connectivity index (χ0) is 19.1. The van der Waals surface area contributed by atoms with Crippen molar-refractivity contribution in [2.75, 3.05) is 32.0 Å². The number of nitrogens with zero attached hydrogens (tertiary/aromatic N) is 6. The van der Waals surface area contributed by atoms with Crippen molar-refractivity contribution in [3.05, 3.63) is 53.2 Å². The van der Waals surface area contributed by atoms with E-state index in [9.17, 15) is 0 Å². The van der Waals surface area contributed by atoms with Gasteiger partial charge in [-0.3, -0.25) is 0 Å². The van der Waals surface area contributed by atoms with Gasteiger partial charge in [-0.1, -0.05) is 6.08 Å². The zero-order valence-corrected chi connectivity index (χ0v) is 16.4. The summed E-state index contributed by atoms with van der Waals surface area (Å²) >= 11 is 0. The van der Waals surface area contributed by atoms with Crippen LogP contribution in [0.5, 0.6) is 0 Å². The van der Waals surface area contributed by atoms with E-state index >= 15 is 0 Å². The quantitative estimate of drug-likeness (QED) is 0.754. The minimum Gasteiger partial charge on any atom is -0.354 e. The van der Waals surface area contributed by atoms with E-state index in [1.807, 2.05) is 36.0 Å². The molecule has 2 aliphatic rings. The third-order valence-corrected chi connectivity index (χ3v) is 5.85. The number of imidazole rings is 1. The zero-order valence-electron chi connectivity index (χ0n) is 16.4. The highest BCUT2D eigenvalue weighted by molar-refractivity contribution is 5.82. The molecule has 0 atom stereocenters. The molecule has 0 saturated carbocycles. The molecule has 3 aromatic rings. The summed E-state index contributed by atoms with van der Waals surface area (Å²) in [4.78, 5) is 16.1. The molecular weight excluding hydrogens is 350 g/mol. The smallest absolute Gasteiger partial charge is 0.222 e. The Labute approximate surface area is 166 Å². The molecule has 0 spiro atoms. The van der Waals surface area contributed by atoms with Gasteiger partial charge in [-0.15, -0.1) is 0 Å². The largest absolute Gasteiger partial charge is 0.354 e. The molecule has 0 bridgehead atoms. The van der Waals surface area contributed by atoms with Crippen molar-refractivity contribution in [2.45, 2.75) is 26.2 Å². The van der Waals surface area contributed by atoms with E-state index in [1.54, 1.807) is 0 Å². The third kappa shape index (κ3) is 3.16. The van der Waals surface area contributed by atoms with E-state index in [2.05, 4.69) is 33.3 Å². The van der Waals surface area contributed by atoms with Gasteiger partial charge in [0.25, 0.3) is 0 Å². The van der Waals surface area contributed by atoms with Crippen molar-refractivity contribution < 1.29 is 1.43 Å². The highest BCUT2D eigenvalue weighted by Gasteiger charge is 2.21. The Balaban J connectivity index is 0.00000205. The van der Waals surface area contributed by atoms with Gasteiger partial charge < -0.3 is 10.2 Å². The molecule has 146 valence electrons. The predicted octanol–water partition coefficient (Wildman–Crippen LogP) is 2.82. The fourth-order valence-electron chi connectivity index (χ4n) is 4.07. The van der Waals surface area contributed by atoms with Crippen LogP contribution in [0.2, 0.25) is 0 Å². The maximum absolute atomic E-state index is 4.77. The molecular formula is C21H27N7. The number of likely N-dealkylation sites (tertiary alicyclic amines) is 1. The highest BCUT2D eigenvalue weighted by atomic mass is 15.3. The molecule has 3 aromatic heterocycles. The van der Waals surface area contributed by atoms with Gasteiger partial charge in [0.1, 0.15) is 0 Å². The maximum Gasteiger partial charge on any atom is 0.222 e. The number of allylic oxidation sites excluding steroid dienone is 1. The van der Waals surface area contributed by atoms with Gasteiger partial charge in [0.2, 0.25) is 5.95 Å². The number of aryl methyl sites for hydroxylation is 1. The maximum atomic E-state index is 4.77. The summed E-state index contributed by atoms with van der Waals surface area (Å²) in [5.41, 5.74) is 6.08. The molecule has 7 heteroatoms. The summed E-state index contributed by atoms with van der Waals surface area (Å²) in [6.45, 7) is 5.32. The molecule has 5 rings (SSSR count). The number of anilines is 1. The first-order chi connectivity index (χ1) is 13.7. The van der Waals surface area contributed by atoms with Crippen LogP contribution in [0, 0.1) is 12.8 Å². The van der Waals surface area contributed by atoms with Crippen LogP contribution in [-0.2, 0) is 6.42 Å². The number of aromatic nitrogens is 5. The summed E-state index contributed by atoms with van der Waals surface area (Å²) in [6, 6.07) is 4.03. The molecule has 1 aliphatic heterocycles.